The first-order valence-electron chi connectivity index (χ1n) is 2.48. The van der Waals surface area contributed by atoms with Crippen molar-refractivity contribution in [3.63, 3.8) is 0 Å². The molecule has 0 unspecified atom stereocenters. The van der Waals surface area contributed by atoms with E-state index in [-0.39, 0.29) is 17.0 Å². The van der Waals surface area contributed by atoms with E-state index in [4.69, 9.17) is 0 Å². The lowest BCUT2D eigenvalue weighted by atomic mass is 10.4. The fourth-order valence-corrected chi connectivity index (χ4v) is 0.521. The van der Waals surface area contributed by atoms with Crippen LogP contribution in [0.3, 0.4) is 0 Å². The van der Waals surface area contributed by atoms with Gasteiger partial charge in [-0.3, -0.25) is 0 Å². The molecular formula is C7H9Br. The van der Waals surface area contributed by atoms with Crippen LogP contribution in [0.15, 0.2) is 36.5 Å². The Morgan fingerprint density at radius 2 is 1.25 bits per heavy atom. The molecule has 0 heterocycles. The Kier molecular flexibility index (Phi) is 4.67. The highest BCUT2D eigenvalue weighted by molar-refractivity contribution is 8.93. The number of halogens is 1. The first kappa shape index (κ1) is 7.70. The van der Waals surface area contributed by atoms with Gasteiger partial charge in [0.25, 0.3) is 0 Å². The average Bonchev–Trinajstić information content (AvgIpc) is 1.90. The maximum Gasteiger partial charge on any atom is -0.0163 e. The van der Waals surface area contributed by atoms with Crippen LogP contribution in [0.4, 0.5) is 0 Å². The fourth-order valence-electron chi connectivity index (χ4n) is 0.521. The molecule has 0 saturated heterocycles. The number of hydrogen-bond acceptors (Lipinski definition) is 0. The minimum atomic E-state index is 0. The van der Waals surface area contributed by atoms with Gasteiger partial charge in [0.1, 0.15) is 0 Å². The molecule has 1 aliphatic carbocycles. The first-order valence-corrected chi connectivity index (χ1v) is 2.48. The maximum atomic E-state index is 2.12. The lowest BCUT2D eigenvalue weighted by Crippen LogP contribution is -1.48. The summed E-state index contributed by atoms with van der Waals surface area (Å²) >= 11 is 0. The van der Waals surface area contributed by atoms with E-state index in [0.717, 1.165) is 6.42 Å². The third kappa shape index (κ3) is 2.80. The maximum absolute atomic E-state index is 2.12. The lowest BCUT2D eigenvalue weighted by Gasteiger charge is -1.69. The SMILES string of the molecule is Br.C1=CC=CCC=C1. The molecule has 1 aliphatic rings. The van der Waals surface area contributed by atoms with E-state index >= 15 is 0 Å². The quantitative estimate of drug-likeness (QED) is 0.528. The number of hydrogen-bond donors (Lipinski definition) is 0. The molecule has 0 radical (unpaired) electrons. The van der Waals surface area contributed by atoms with Gasteiger partial charge in [0.15, 0.2) is 0 Å². The van der Waals surface area contributed by atoms with Crippen molar-refractivity contribution in [1.29, 1.82) is 0 Å². The van der Waals surface area contributed by atoms with Crippen molar-refractivity contribution in [1.82, 2.24) is 0 Å². The van der Waals surface area contributed by atoms with Gasteiger partial charge in [-0.05, 0) is 6.42 Å². The van der Waals surface area contributed by atoms with Crippen LogP contribution in [-0.4, -0.2) is 0 Å². The second-order valence-electron chi connectivity index (χ2n) is 1.48. The monoisotopic (exact) mass is 172 g/mol. The molecule has 1 heteroatoms. The Bertz CT molecular complexity index is 106. The topological polar surface area (TPSA) is 0 Å². The molecule has 0 aromatic rings. The first-order chi connectivity index (χ1) is 3.50. The Hall–Kier alpha value is -0.300. The second-order valence-corrected chi connectivity index (χ2v) is 1.48. The van der Waals surface area contributed by atoms with Crippen LogP contribution in [0.25, 0.3) is 0 Å². The Morgan fingerprint density at radius 1 is 0.750 bits per heavy atom. The zero-order valence-corrected chi connectivity index (χ0v) is 6.29. The molecule has 0 fully saturated rings. The fraction of sp³-hybridized carbons (Fsp3) is 0.143. The van der Waals surface area contributed by atoms with Gasteiger partial charge >= 0.3 is 0 Å². The number of rotatable bonds is 0. The largest absolute Gasteiger partial charge is 0.114 e. The van der Waals surface area contributed by atoms with Crippen LogP contribution in [0, 0.1) is 0 Å². The van der Waals surface area contributed by atoms with Crippen molar-refractivity contribution in [2.75, 3.05) is 0 Å². The van der Waals surface area contributed by atoms with E-state index in [9.17, 15) is 0 Å². The van der Waals surface area contributed by atoms with E-state index in [1.807, 2.05) is 12.2 Å². The minimum absolute atomic E-state index is 0. The van der Waals surface area contributed by atoms with Crippen molar-refractivity contribution in [3.05, 3.63) is 36.5 Å². The summed E-state index contributed by atoms with van der Waals surface area (Å²) < 4.78 is 0. The third-order valence-electron chi connectivity index (χ3n) is 0.878. The summed E-state index contributed by atoms with van der Waals surface area (Å²) in [6.45, 7) is 0. The van der Waals surface area contributed by atoms with Crippen LogP contribution >= 0.6 is 17.0 Å². The molecule has 0 nitrogen and oxygen atoms in total. The highest BCUT2D eigenvalue weighted by atomic mass is 79.9. The van der Waals surface area contributed by atoms with Crippen molar-refractivity contribution >= 4 is 17.0 Å². The molecule has 8 heavy (non-hydrogen) atoms. The average molecular weight is 173 g/mol. The highest BCUT2D eigenvalue weighted by Crippen LogP contribution is 1.91. The standard InChI is InChI=1S/C7H8.BrH/c1-2-4-6-7-5-3-1;/h1-6H,7H2;1H. The molecule has 44 valence electrons. The summed E-state index contributed by atoms with van der Waals surface area (Å²) in [5.41, 5.74) is 0. The van der Waals surface area contributed by atoms with Crippen LogP contribution in [0.2, 0.25) is 0 Å². The summed E-state index contributed by atoms with van der Waals surface area (Å²) in [6.07, 6.45) is 13.5. The smallest absolute Gasteiger partial charge is 0.0163 e. The highest BCUT2D eigenvalue weighted by Gasteiger charge is 1.70. The number of allylic oxidation sites excluding steroid dienone is 6. The molecule has 0 spiro atoms. The van der Waals surface area contributed by atoms with Crippen molar-refractivity contribution in [2.24, 2.45) is 0 Å². The Morgan fingerprint density at radius 3 is 1.75 bits per heavy atom. The van der Waals surface area contributed by atoms with Gasteiger partial charge in [-0.25, -0.2) is 0 Å². The molecule has 0 N–H and O–H groups in total. The zero-order valence-electron chi connectivity index (χ0n) is 4.58. The molecular weight excluding hydrogens is 164 g/mol. The molecule has 0 saturated carbocycles. The predicted molar refractivity (Wildman–Crippen MR) is 42.4 cm³/mol. The summed E-state index contributed by atoms with van der Waals surface area (Å²) in [7, 11) is 0. The molecule has 0 aromatic carbocycles. The predicted octanol–water partition coefficient (Wildman–Crippen LogP) is 2.64. The van der Waals surface area contributed by atoms with Crippen LogP contribution in [0.5, 0.6) is 0 Å². The summed E-state index contributed by atoms with van der Waals surface area (Å²) in [5.74, 6) is 0. The van der Waals surface area contributed by atoms with Gasteiger partial charge in [-0.15, -0.1) is 17.0 Å². The molecule has 0 aliphatic heterocycles. The van der Waals surface area contributed by atoms with Crippen LogP contribution < -0.4 is 0 Å². The van der Waals surface area contributed by atoms with Gasteiger partial charge in [-0.1, -0.05) is 36.5 Å². The zero-order chi connectivity index (χ0) is 4.95. The van der Waals surface area contributed by atoms with Gasteiger partial charge in [0, 0.05) is 0 Å². The van der Waals surface area contributed by atoms with E-state index in [1.54, 1.807) is 0 Å². The Balaban J connectivity index is 0.000000490. The molecule has 0 bridgehead atoms. The van der Waals surface area contributed by atoms with E-state index < -0.39 is 0 Å². The molecule has 0 aromatic heterocycles. The summed E-state index contributed by atoms with van der Waals surface area (Å²) in [6, 6.07) is 0. The normalized spacial score (nSPS) is 15.0. The van der Waals surface area contributed by atoms with E-state index in [0.29, 0.717) is 0 Å². The van der Waals surface area contributed by atoms with Crippen molar-refractivity contribution in [2.45, 2.75) is 6.42 Å². The second kappa shape index (κ2) is 4.85. The van der Waals surface area contributed by atoms with Gasteiger partial charge in [0.2, 0.25) is 0 Å². The van der Waals surface area contributed by atoms with Crippen LogP contribution in [-0.2, 0) is 0 Å². The minimum Gasteiger partial charge on any atom is -0.114 e. The molecule has 1 rings (SSSR count). The van der Waals surface area contributed by atoms with Gasteiger partial charge in [0.05, 0.1) is 0 Å². The van der Waals surface area contributed by atoms with Crippen molar-refractivity contribution < 1.29 is 0 Å². The summed E-state index contributed by atoms with van der Waals surface area (Å²) in [5, 5.41) is 0. The van der Waals surface area contributed by atoms with E-state index in [1.165, 1.54) is 0 Å². The lowest BCUT2D eigenvalue weighted by molar-refractivity contribution is 1.41. The molecule has 0 atom stereocenters. The van der Waals surface area contributed by atoms with Gasteiger partial charge in [-0.2, -0.15) is 0 Å². The van der Waals surface area contributed by atoms with E-state index in [2.05, 4.69) is 24.3 Å². The van der Waals surface area contributed by atoms with Crippen molar-refractivity contribution in [3.8, 4) is 0 Å². The van der Waals surface area contributed by atoms with Gasteiger partial charge < -0.3 is 0 Å². The Labute approximate surface area is 60.4 Å². The molecule has 0 amide bonds. The third-order valence-corrected chi connectivity index (χ3v) is 0.878. The van der Waals surface area contributed by atoms with Crippen LogP contribution in [0.1, 0.15) is 6.42 Å². The summed E-state index contributed by atoms with van der Waals surface area (Å²) in [4.78, 5) is 0.